The van der Waals surface area contributed by atoms with E-state index in [0.29, 0.717) is 28.8 Å². The maximum absolute atomic E-state index is 6.12. The summed E-state index contributed by atoms with van der Waals surface area (Å²) in [6, 6.07) is 15.8. The normalized spacial score (nSPS) is 14.8. The number of methoxy groups -OCH3 is 1. The minimum Gasteiger partial charge on any atom is -0.493 e. The van der Waals surface area contributed by atoms with E-state index in [1.165, 1.54) is 19.3 Å². The Morgan fingerprint density at radius 2 is 1.93 bits per heavy atom. The van der Waals surface area contributed by atoms with Crippen LogP contribution in [-0.4, -0.2) is 28.2 Å². The Hall–Kier alpha value is -2.93. The summed E-state index contributed by atoms with van der Waals surface area (Å²) in [4.78, 5) is 0. The Labute approximate surface area is 181 Å². The van der Waals surface area contributed by atoms with E-state index in [4.69, 9.17) is 21.7 Å². The van der Waals surface area contributed by atoms with Gasteiger partial charge in [-0.25, -0.2) is 0 Å². The summed E-state index contributed by atoms with van der Waals surface area (Å²) in [5.74, 6) is 2.62. The molecule has 1 N–H and O–H groups in total. The molecular weight excluding hydrogens is 396 g/mol. The van der Waals surface area contributed by atoms with Gasteiger partial charge in [0.05, 0.1) is 13.3 Å². The number of hydrogen-bond donors (Lipinski definition) is 1. The smallest absolute Gasteiger partial charge is 0.216 e. The molecular formula is C23H26N4O2S. The number of aromatic amines is 1. The summed E-state index contributed by atoms with van der Waals surface area (Å²) >= 11 is 5.43. The van der Waals surface area contributed by atoms with Crippen molar-refractivity contribution in [3.63, 3.8) is 0 Å². The third kappa shape index (κ3) is 4.62. The second-order valence-corrected chi connectivity index (χ2v) is 7.82. The maximum Gasteiger partial charge on any atom is 0.216 e. The van der Waals surface area contributed by atoms with E-state index in [1.54, 1.807) is 18.0 Å². The molecule has 1 saturated carbocycles. The van der Waals surface area contributed by atoms with Crippen molar-refractivity contribution in [3.8, 4) is 11.5 Å². The summed E-state index contributed by atoms with van der Waals surface area (Å²) in [6.07, 6.45) is 7.75. The standard InChI is InChI=1S/C23H26N4O2S/c1-28-20-14-8-13-19(21(20)29-16-17-9-4-2-5-10-17)15-24-27-22(25-26-23(27)30)18-11-6-3-7-12-18/h2,4-5,8-10,13-15,18H,3,6-7,11-12,16H2,1H3,(H,26,30)/b24-15-. The van der Waals surface area contributed by atoms with Gasteiger partial charge in [-0.1, -0.05) is 55.7 Å². The van der Waals surface area contributed by atoms with Crippen LogP contribution >= 0.6 is 12.2 Å². The van der Waals surface area contributed by atoms with Crippen LogP contribution in [-0.2, 0) is 6.61 Å². The van der Waals surface area contributed by atoms with E-state index in [-0.39, 0.29) is 0 Å². The molecule has 0 saturated heterocycles. The van der Waals surface area contributed by atoms with Gasteiger partial charge in [0.15, 0.2) is 17.3 Å². The topological polar surface area (TPSA) is 64.4 Å². The monoisotopic (exact) mass is 422 g/mol. The first-order chi connectivity index (χ1) is 14.8. The van der Waals surface area contributed by atoms with Crippen LogP contribution in [0.5, 0.6) is 11.5 Å². The lowest BCUT2D eigenvalue weighted by atomic mass is 9.89. The fourth-order valence-corrected chi connectivity index (χ4v) is 4.03. The summed E-state index contributed by atoms with van der Waals surface area (Å²) in [5, 5.41) is 12.0. The van der Waals surface area contributed by atoms with E-state index < -0.39 is 0 Å². The Balaban J connectivity index is 1.61. The fraction of sp³-hybridized carbons (Fsp3) is 0.348. The molecule has 1 aliphatic rings. The summed E-state index contributed by atoms with van der Waals surface area (Å²) in [6.45, 7) is 0.445. The summed E-state index contributed by atoms with van der Waals surface area (Å²) in [7, 11) is 1.64. The molecule has 6 nitrogen and oxygen atoms in total. The second-order valence-electron chi connectivity index (χ2n) is 7.43. The zero-order chi connectivity index (χ0) is 20.8. The molecule has 1 aliphatic carbocycles. The molecule has 1 heterocycles. The molecule has 0 amide bonds. The van der Waals surface area contributed by atoms with Crippen molar-refractivity contribution in [3.05, 3.63) is 70.3 Å². The van der Waals surface area contributed by atoms with Crippen molar-refractivity contribution in [2.45, 2.75) is 44.6 Å². The average molecular weight is 423 g/mol. The quantitative estimate of drug-likeness (QED) is 0.406. The maximum atomic E-state index is 6.12. The van der Waals surface area contributed by atoms with Gasteiger partial charge in [-0.15, -0.1) is 0 Å². The molecule has 7 heteroatoms. The molecule has 0 unspecified atom stereocenters. The summed E-state index contributed by atoms with van der Waals surface area (Å²) in [5.41, 5.74) is 1.91. The van der Waals surface area contributed by atoms with Gasteiger partial charge < -0.3 is 9.47 Å². The lowest BCUT2D eigenvalue weighted by molar-refractivity contribution is 0.284. The van der Waals surface area contributed by atoms with E-state index in [9.17, 15) is 0 Å². The summed E-state index contributed by atoms with van der Waals surface area (Å²) < 4.78 is 13.9. The number of nitrogens with zero attached hydrogens (tertiary/aromatic N) is 3. The van der Waals surface area contributed by atoms with Crippen molar-refractivity contribution in [2.75, 3.05) is 7.11 Å². The van der Waals surface area contributed by atoms with Gasteiger partial charge in [0.1, 0.15) is 6.61 Å². The molecule has 156 valence electrons. The highest BCUT2D eigenvalue weighted by atomic mass is 32.1. The number of nitrogens with one attached hydrogen (secondary N) is 1. The molecule has 0 bridgehead atoms. The van der Waals surface area contributed by atoms with Gasteiger partial charge >= 0.3 is 0 Å². The number of para-hydroxylation sites is 1. The van der Waals surface area contributed by atoms with Crippen LogP contribution in [0.4, 0.5) is 0 Å². The molecule has 30 heavy (non-hydrogen) atoms. The van der Waals surface area contributed by atoms with Crippen molar-refractivity contribution in [1.82, 2.24) is 14.9 Å². The van der Waals surface area contributed by atoms with Gasteiger partial charge in [-0.3, -0.25) is 5.10 Å². The van der Waals surface area contributed by atoms with Crippen LogP contribution in [0.15, 0.2) is 53.6 Å². The van der Waals surface area contributed by atoms with Gasteiger partial charge in [0.2, 0.25) is 4.77 Å². The molecule has 0 spiro atoms. The van der Waals surface area contributed by atoms with Crippen LogP contribution in [0.1, 0.15) is 55.0 Å². The Morgan fingerprint density at radius 3 is 2.70 bits per heavy atom. The molecule has 0 atom stereocenters. The number of H-pyrrole nitrogens is 1. The van der Waals surface area contributed by atoms with E-state index in [0.717, 1.165) is 29.8 Å². The van der Waals surface area contributed by atoms with Crippen LogP contribution in [0, 0.1) is 4.77 Å². The zero-order valence-corrected chi connectivity index (χ0v) is 17.9. The number of ether oxygens (including phenoxy) is 2. The van der Waals surface area contributed by atoms with Crippen LogP contribution in [0.25, 0.3) is 0 Å². The van der Waals surface area contributed by atoms with Gasteiger partial charge in [-0.05, 0) is 42.8 Å². The minimum atomic E-state index is 0.392. The number of hydrogen-bond acceptors (Lipinski definition) is 5. The van der Waals surface area contributed by atoms with Crippen molar-refractivity contribution >= 4 is 18.4 Å². The van der Waals surface area contributed by atoms with Crippen molar-refractivity contribution in [2.24, 2.45) is 5.10 Å². The average Bonchev–Trinajstić information content (AvgIpc) is 3.17. The van der Waals surface area contributed by atoms with E-state index in [2.05, 4.69) is 15.3 Å². The van der Waals surface area contributed by atoms with Crippen molar-refractivity contribution in [1.29, 1.82) is 0 Å². The van der Waals surface area contributed by atoms with Gasteiger partial charge in [-0.2, -0.15) is 14.9 Å². The Kier molecular flexibility index (Phi) is 6.59. The van der Waals surface area contributed by atoms with Gasteiger partial charge in [0.25, 0.3) is 0 Å². The zero-order valence-electron chi connectivity index (χ0n) is 17.1. The molecule has 1 fully saturated rings. The van der Waals surface area contributed by atoms with E-state index in [1.807, 2.05) is 48.5 Å². The highest BCUT2D eigenvalue weighted by Gasteiger charge is 2.21. The third-order valence-electron chi connectivity index (χ3n) is 5.41. The highest BCUT2D eigenvalue weighted by Crippen LogP contribution is 2.33. The molecule has 1 aromatic heterocycles. The number of benzene rings is 2. The SMILES string of the molecule is COc1cccc(/C=N\n2c(C3CCCCC3)n[nH]c2=S)c1OCc1ccccc1. The molecule has 0 radical (unpaired) electrons. The number of rotatable bonds is 7. The minimum absolute atomic E-state index is 0.392. The predicted molar refractivity (Wildman–Crippen MR) is 120 cm³/mol. The molecule has 2 aromatic carbocycles. The van der Waals surface area contributed by atoms with Crippen LogP contribution in [0.3, 0.4) is 0 Å². The van der Waals surface area contributed by atoms with E-state index >= 15 is 0 Å². The van der Waals surface area contributed by atoms with Crippen molar-refractivity contribution < 1.29 is 9.47 Å². The molecule has 4 rings (SSSR count). The third-order valence-corrected chi connectivity index (χ3v) is 5.68. The van der Waals surface area contributed by atoms with Crippen LogP contribution < -0.4 is 9.47 Å². The second kappa shape index (κ2) is 9.71. The number of aromatic nitrogens is 3. The largest absolute Gasteiger partial charge is 0.493 e. The fourth-order valence-electron chi connectivity index (χ4n) is 3.84. The Morgan fingerprint density at radius 1 is 1.13 bits per heavy atom. The lowest BCUT2D eigenvalue weighted by Crippen LogP contribution is -2.10. The van der Waals surface area contributed by atoms with Crippen LogP contribution in [0.2, 0.25) is 0 Å². The first-order valence-corrected chi connectivity index (χ1v) is 10.7. The first-order valence-electron chi connectivity index (χ1n) is 10.3. The predicted octanol–water partition coefficient (Wildman–Crippen LogP) is 5.46. The molecule has 3 aromatic rings. The Bertz CT molecular complexity index is 1050. The highest BCUT2D eigenvalue weighted by molar-refractivity contribution is 7.71. The lowest BCUT2D eigenvalue weighted by Gasteiger charge is -2.20. The molecule has 0 aliphatic heterocycles. The first kappa shape index (κ1) is 20.3. The van der Waals surface area contributed by atoms with Gasteiger partial charge in [0, 0.05) is 11.5 Å².